The Morgan fingerprint density at radius 3 is 2.49 bits per heavy atom. The Kier molecular flexibility index (Phi) is 6.27. The van der Waals surface area contributed by atoms with Crippen molar-refractivity contribution < 1.29 is 28.4 Å². The van der Waals surface area contributed by atoms with Crippen LogP contribution in [-0.2, 0) is 13.6 Å². The third-order valence-electron chi connectivity index (χ3n) is 6.10. The van der Waals surface area contributed by atoms with Crippen molar-refractivity contribution in [2.45, 2.75) is 19.5 Å². The van der Waals surface area contributed by atoms with Gasteiger partial charge in [-0.3, -0.25) is 18.7 Å². The summed E-state index contributed by atoms with van der Waals surface area (Å²) in [5.74, 6) is -4.21. The molecule has 0 radical (unpaired) electrons. The summed E-state index contributed by atoms with van der Waals surface area (Å²) >= 11 is 0. The van der Waals surface area contributed by atoms with Gasteiger partial charge in [0.1, 0.15) is 11.4 Å². The number of aromatic carboxylic acids is 1. The average molecular weight is 532 g/mol. The van der Waals surface area contributed by atoms with E-state index in [1.54, 1.807) is 44.3 Å². The Bertz CT molecular complexity index is 1880. The van der Waals surface area contributed by atoms with E-state index in [9.17, 15) is 24.0 Å². The number of carbonyl (C=O) groups is 3. The zero-order chi connectivity index (χ0) is 27.8. The molecule has 0 spiro atoms. The second-order valence-electron chi connectivity index (χ2n) is 8.64. The van der Waals surface area contributed by atoms with E-state index in [-0.39, 0.29) is 29.3 Å². The summed E-state index contributed by atoms with van der Waals surface area (Å²) in [7, 11) is 1.56. The van der Waals surface area contributed by atoms with Gasteiger partial charge in [0, 0.05) is 13.6 Å². The largest absolute Gasteiger partial charge is 0.478 e. The van der Waals surface area contributed by atoms with Crippen LogP contribution in [0.25, 0.3) is 16.9 Å². The van der Waals surface area contributed by atoms with Gasteiger partial charge in [-0.2, -0.15) is 0 Å². The predicted molar refractivity (Wildman–Crippen MR) is 133 cm³/mol. The molecular formula is C25H20N6O8. The molecule has 2 aromatic carbocycles. The second kappa shape index (κ2) is 9.74. The Labute approximate surface area is 217 Å². The molecular weight excluding hydrogens is 512 g/mol. The fourth-order valence-electron chi connectivity index (χ4n) is 3.96. The molecule has 0 aliphatic rings. The maximum atomic E-state index is 13.1. The molecule has 5 rings (SSSR count). The van der Waals surface area contributed by atoms with Gasteiger partial charge in [-0.15, -0.1) is 0 Å². The molecule has 14 nitrogen and oxygen atoms in total. The minimum Gasteiger partial charge on any atom is -0.478 e. The van der Waals surface area contributed by atoms with E-state index >= 15 is 0 Å². The van der Waals surface area contributed by atoms with Crippen LogP contribution in [0.1, 0.15) is 55.4 Å². The zero-order valence-corrected chi connectivity index (χ0v) is 20.5. The number of carboxylic acids is 1. The van der Waals surface area contributed by atoms with Crippen molar-refractivity contribution in [3.8, 4) is 0 Å². The molecule has 0 saturated carbocycles. The van der Waals surface area contributed by atoms with Crippen molar-refractivity contribution in [1.82, 2.24) is 29.7 Å². The van der Waals surface area contributed by atoms with Gasteiger partial charge in [0.25, 0.3) is 17.6 Å². The molecule has 3 aromatic heterocycles. The maximum Gasteiger partial charge on any atom is 0.448 e. The fourth-order valence-corrected chi connectivity index (χ4v) is 3.96. The number of oxazole rings is 1. The highest BCUT2D eigenvalue weighted by atomic mass is 16.5. The number of aromatic nitrogens is 4. The fraction of sp³-hybridized carbons (Fsp3) is 0.160. The van der Waals surface area contributed by atoms with Gasteiger partial charge in [0.2, 0.25) is 0 Å². The molecule has 0 aliphatic carbocycles. The molecule has 0 bridgehead atoms. The van der Waals surface area contributed by atoms with Crippen molar-refractivity contribution in [2.24, 2.45) is 7.05 Å². The smallest absolute Gasteiger partial charge is 0.448 e. The van der Waals surface area contributed by atoms with E-state index in [0.29, 0.717) is 22.2 Å². The first-order valence-corrected chi connectivity index (χ1v) is 11.5. The third-order valence-corrected chi connectivity index (χ3v) is 6.10. The van der Waals surface area contributed by atoms with E-state index in [4.69, 9.17) is 9.52 Å². The van der Waals surface area contributed by atoms with Crippen molar-refractivity contribution in [3.63, 3.8) is 0 Å². The number of rotatable bonds is 7. The average Bonchev–Trinajstić information content (AvgIpc) is 3.44. The van der Waals surface area contributed by atoms with Gasteiger partial charge >= 0.3 is 17.5 Å². The molecule has 14 heteroatoms. The van der Waals surface area contributed by atoms with Crippen LogP contribution in [0, 0.1) is 0 Å². The van der Waals surface area contributed by atoms with E-state index in [2.05, 4.69) is 25.3 Å². The number of fused-ring (bicyclic) bond motifs is 2. The summed E-state index contributed by atoms with van der Waals surface area (Å²) in [4.78, 5) is 65.1. The lowest BCUT2D eigenvalue weighted by Crippen LogP contribution is -2.31. The van der Waals surface area contributed by atoms with Gasteiger partial charge in [-0.05, 0) is 53.5 Å². The van der Waals surface area contributed by atoms with E-state index in [0.717, 1.165) is 10.5 Å². The third kappa shape index (κ3) is 4.77. The Morgan fingerprint density at radius 1 is 1.03 bits per heavy atom. The number of aryl methyl sites for hydroxylation is 1. The SMILES string of the molecule is C[C@@H](NC(=O)c1cc(C(=O)NCc2ccc3oc(=O)n(C)c3c2)n2c(=O)onc2n1)c1ccc(C(=O)O)cc1. The molecule has 0 saturated heterocycles. The standard InChI is InChI=1S/C25H20N6O8/c1-12(14-4-6-15(7-5-14)22(34)35)27-20(32)16-10-18(31-23(28-16)29-39-25(31)37)21(33)26-11-13-3-8-19-17(9-13)30(2)24(36)38-19/h3-10,12H,11H2,1-2H3,(H,26,33)(H,27,32)(H,34,35)/t12-/m1/s1. The maximum absolute atomic E-state index is 13.1. The molecule has 3 N–H and O–H groups in total. The Morgan fingerprint density at radius 2 is 1.77 bits per heavy atom. The molecule has 3 heterocycles. The highest BCUT2D eigenvalue weighted by molar-refractivity contribution is 5.98. The summed E-state index contributed by atoms with van der Waals surface area (Å²) in [5.41, 5.74) is 1.90. The second-order valence-corrected chi connectivity index (χ2v) is 8.64. The van der Waals surface area contributed by atoms with Gasteiger partial charge < -0.3 is 20.2 Å². The first-order valence-electron chi connectivity index (χ1n) is 11.5. The zero-order valence-electron chi connectivity index (χ0n) is 20.5. The van der Waals surface area contributed by atoms with Gasteiger partial charge in [-0.25, -0.2) is 23.8 Å². The van der Waals surface area contributed by atoms with Gasteiger partial charge in [-0.1, -0.05) is 18.2 Å². The summed E-state index contributed by atoms with van der Waals surface area (Å²) < 4.78 is 11.9. The van der Waals surface area contributed by atoms with Gasteiger partial charge in [0.15, 0.2) is 5.58 Å². The molecule has 1 atom stereocenters. The lowest BCUT2D eigenvalue weighted by molar-refractivity contribution is 0.0696. The highest BCUT2D eigenvalue weighted by Gasteiger charge is 2.22. The number of carbonyl (C=O) groups excluding carboxylic acids is 2. The minimum absolute atomic E-state index is 0.0306. The quantitative estimate of drug-likeness (QED) is 0.275. The van der Waals surface area contributed by atoms with Crippen LogP contribution in [0.15, 0.2) is 67.1 Å². The first-order chi connectivity index (χ1) is 18.6. The summed E-state index contributed by atoms with van der Waals surface area (Å²) in [6.07, 6.45) is 0. The highest BCUT2D eigenvalue weighted by Crippen LogP contribution is 2.16. The number of nitrogens with zero attached hydrogens (tertiary/aromatic N) is 4. The number of benzene rings is 2. The molecule has 5 aromatic rings. The lowest BCUT2D eigenvalue weighted by Gasteiger charge is -2.15. The summed E-state index contributed by atoms with van der Waals surface area (Å²) in [6.45, 7) is 1.72. The number of hydrogen-bond acceptors (Lipinski definition) is 9. The Balaban J connectivity index is 1.38. The molecule has 2 amide bonds. The van der Waals surface area contributed by atoms with Crippen LogP contribution in [0.5, 0.6) is 0 Å². The van der Waals surface area contributed by atoms with Crippen molar-refractivity contribution >= 4 is 34.7 Å². The normalized spacial score (nSPS) is 11.9. The van der Waals surface area contributed by atoms with Crippen LogP contribution in [0.2, 0.25) is 0 Å². The van der Waals surface area contributed by atoms with Crippen LogP contribution in [0.3, 0.4) is 0 Å². The van der Waals surface area contributed by atoms with Gasteiger partial charge in [0.05, 0.1) is 17.1 Å². The number of carboxylic acid groups (broad SMARTS) is 1. The van der Waals surface area contributed by atoms with E-state index in [1.165, 1.54) is 16.7 Å². The van der Waals surface area contributed by atoms with Crippen molar-refractivity contribution in [3.05, 3.63) is 97.7 Å². The number of nitrogens with one attached hydrogen (secondary N) is 2. The van der Waals surface area contributed by atoms with Crippen LogP contribution in [-0.4, -0.2) is 42.0 Å². The van der Waals surface area contributed by atoms with Crippen LogP contribution < -0.4 is 22.1 Å². The van der Waals surface area contributed by atoms with E-state index < -0.39 is 35.3 Å². The van der Waals surface area contributed by atoms with Crippen molar-refractivity contribution in [2.75, 3.05) is 0 Å². The molecule has 0 unspecified atom stereocenters. The van der Waals surface area contributed by atoms with Crippen molar-refractivity contribution in [1.29, 1.82) is 0 Å². The molecule has 0 aliphatic heterocycles. The predicted octanol–water partition coefficient (Wildman–Crippen LogP) is 1.25. The number of amides is 2. The Hall–Kier alpha value is -5.53. The molecule has 39 heavy (non-hydrogen) atoms. The van der Waals surface area contributed by atoms with E-state index in [1.807, 2.05) is 0 Å². The molecule has 0 fully saturated rings. The summed E-state index contributed by atoms with van der Waals surface area (Å²) in [6, 6.07) is 11.5. The topological polar surface area (TPSA) is 191 Å². The van der Waals surface area contributed by atoms with Crippen LogP contribution >= 0.6 is 0 Å². The monoisotopic (exact) mass is 532 g/mol. The summed E-state index contributed by atoms with van der Waals surface area (Å²) in [5, 5.41) is 18.0. The number of hydrogen-bond donors (Lipinski definition) is 3. The molecule has 198 valence electrons. The lowest BCUT2D eigenvalue weighted by atomic mass is 10.1. The first kappa shape index (κ1) is 25.1. The van der Waals surface area contributed by atoms with Crippen LogP contribution in [0.4, 0.5) is 0 Å². The minimum atomic E-state index is -1.07.